The molecule has 0 aliphatic rings. The predicted octanol–water partition coefficient (Wildman–Crippen LogP) is 3.58. The number of anilines is 2. The molecule has 0 bridgehead atoms. The van der Waals surface area contributed by atoms with Crippen LogP contribution in [-0.2, 0) is 0 Å². The summed E-state index contributed by atoms with van der Waals surface area (Å²) >= 11 is 1.24. The van der Waals surface area contributed by atoms with Crippen LogP contribution in [0.15, 0.2) is 36.5 Å². The minimum Gasteiger partial charge on any atom is -0.397 e. The topological polar surface area (TPSA) is 68.0 Å². The summed E-state index contributed by atoms with van der Waals surface area (Å²) in [6.07, 6.45) is 1.51. The molecule has 3 aromatic rings. The molecule has 6 heteroatoms. The van der Waals surface area contributed by atoms with Gasteiger partial charge in [-0.3, -0.25) is 4.79 Å². The van der Waals surface area contributed by atoms with Crippen molar-refractivity contribution in [3.63, 3.8) is 0 Å². The molecule has 0 unspecified atom stereocenters. The SMILES string of the molecule is Cc1cc(NC(=O)c2cc3ccc(F)cc3s2)ncc1N. The van der Waals surface area contributed by atoms with Crippen molar-refractivity contribution in [1.29, 1.82) is 0 Å². The summed E-state index contributed by atoms with van der Waals surface area (Å²) in [5.41, 5.74) is 7.11. The first-order valence-electron chi connectivity index (χ1n) is 6.25. The number of nitrogens with one attached hydrogen (secondary N) is 1. The molecule has 0 saturated carbocycles. The van der Waals surface area contributed by atoms with E-state index in [-0.39, 0.29) is 11.7 Å². The fourth-order valence-electron chi connectivity index (χ4n) is 1.93. The first kappa shape index (κ1) is 13.5. The predicted molar refractivity (Wildman–Crippen MR) is 83.1 cm³/mol. The summed E-state index contributed by atoms with van der Waals surface area (Å²) < 4.78 is 13.9. The number of nitrogens with two attached hydrogens (primary N) is 1. The van der Waals surface area contributed by atoms with Gasteiger partial charge in [-0.15, -0.1) is 11.3 Å². The average Bonchev–Trinajstić information content (AvgIpc) is 2.86. The minimum absolute atomic E-state index is 0.270. The Morgan fingerprint density at radius 1 is 1.33 bits per heavy atom. The van der Waals surface area contributed by atoms with Crippen LogP contribution in [0, 0.1) is 12.7 Å². The molecule has 3 rings (SSSR count). The maximum atomic E-state index is 13.2. The maximum Gasteiger partial charge on any atom is 0.266 e. The quantitative estimate of drug-likeness (QED) is 0.760. The highest BCUT2D eigenvalue weighted by atomic mass is 32.1. The largest absolute Gasteiger partial charge is 0.397 e. The van der Waals surface area contributed by atoms with E-state index in [1.807, 2.05) is 6.92 Å². The standard InChI is InChI=1S/C15H12FN3OS/c1-8-4-14(18-7-11(8)17)19-15(20)13-5-9-2-3-10(16)6-12(9)21-13/h2-7H,17H2,1H3,(H,18,19,20). The Kier molecular flexibility index (Phi) is 3.31. The molecule has 4 nitrogen and oxygen atoms in total. The van der Waals surface area contributed by atoms with E-state index < -0.39 is 0 Å². The zero-order valence-corrected chi connectivity index (χ0v) is 12.0. The van der Waals surface area contributed by atoms with Crippen molar-refractivity contribution in [2.45, 2.75) is 6.92 Å². The third-order valence-corrected chi connectivity index (χ3v) is 4.20. The summed E-state index contributed by atoms with van der Waals surface area (Å²) in [6.45, 7) is 1.84. The lowest BCUT2D eigenvalue weighted by atomic mass is 10.2. The Morgan fingerprint density at radius 3 is 2.90 bits per heavy atom. The second-order valence-corrected chi connectivity index (χ2v) is 5.76. The zero-order valence-electron chi connectivity index (χ0n) is 11.2. The highest BCUT2D eigenvalue weighted by molar-refractivity contribution is 7.20. The van der Waals surface area contributed by atoms with Crippen LogP contribution in [0.4, 0.5) is 15.9 Å². The third kappa shape index (κ3) is 2.71. The van der Waals surface area contributed by atoms with Crippen molar-refractivity contribution < 1.29 is 9.18 Å². The number of carbonyl (C=O) groups excluding carboxylic acids is 1. The number of thiophene rings is 1. The van der Waals surface area contributed by atoms with Crippen molar-refractivity contribution in [2.75, 3.05) is 11.1 Å². The molecule has 0 radical (unpaired) electrons. The molecule has 0 saturated heterocycles. The molecule has 2 aromatic heterocycles. The summed E-state index contributed by atoms with van der Waals surface area (Å²) in [5, 5.41) is 3.55. The summed E-state index contributed by atoms with van der Waals surface area (Å²) in [5.74, 6) is -0.143. The molecule has 0 aliphatic carbocycles. The average molecular weight is 301 g/mol. The fourth-order valence-corrected chi connectivity index (χ4v) is 2.91. The van der Waals surface area contributed by atoms with E-state index in [9.17, 15) is 9.18 Å². The van der Waals surface area contributed by atoms with Gasteiger partial charge in [0.05, 0.1) is 16.8 Å². The Balaban J connectivity index is 1.87. The number of nitrogens with zero attached hydrogens (tertiary/aromatic N) is 1. The van der Waals surface area contributed by atoms with Crippen LogP contribution in [0.3, 0.4) is 0 Å². The second-order valence-electron chi connectivity index (χ2n) is 4.67. The van der Waals surface area contributed by atoms with Crippen LogP contribution in [-0.4, -0.2) is 10.9 Å². The van der Waals surface area contributed by atoms with Gasteiger partial charge in [-0.1, -0.05) is 6.07 Å². The van der Waals surface area contributed by atoms with E-state index in [2.05, 4.69) is 10.3 Å². The molecule has 1 aromatic carbocycles. The van der Waals surface area contributed by atoms with Crippen molar-refractivity contribution in [3.8, 4) is 0 Å². The van der Waals surface area contributed by atoms with Gasteiger partial charge in [0.15, 0.2) is 0 Å². The van der Waals surface area contributed by atoms with E-state index in [1.165, 1.54) is 29.7 Å². The Hall–Kier alpha value is -2.47. The van der Waals surface area contributed by atoms with Gasteiger partial charge in [0.1, 0.15) is 11.6 Å². The second kappa shape index (κ2) is 5.14. The number of benzene rings is 1. The number of amides is 1. The highest BCUT2D eigenvalue weighted by Crippen LogP contribution is 2.27. The summed E-state index contributed by atoms with van der Waals surface area (Å²) in [6, 6.07) is 7.90. The molecule has 106 valence electrons. The monoisotopic (exact) mass is 301 g/mol. The van der Waals surface area contributed by atoms with E-state index >= 15 is 0 Å². The lowest BCUT2D eigenvalue weighted by Gasteiger charge is -2.05. The Bertz CT molecular complexity index is 844. The number of aryl methyl sites for hydroxylation is 1. The van der Waals surface area contributed by atoms with Crippen molar-refractivity contribution >= 4 is 38.8 Å². The van der Waals surface area contributed by atoms with Gasteiger partial charge in [0, 0.05) is 4.70 Å². The molecule has 0 atom stereocenters. The fraction of sp³-hybridized carbons (Fsp3) is 0.0667. The molecule has 3 N–H and O–H groups in total. The van der Waals surface area contributed by atoms with Crippen LogP contribution in [0.25, 0.3) is 10.1 Å². The number of halogens is 1. The van der Waals surface area contributed by atoms with Crippen molar-refractivity contribution in [3.05, 3.63) is 52.8 Å². The molecular weight excluding hydrogens is 289 g/mol. The number of fused-ring (bicyclic) bond motifs is 1. The van der Waals surface area contributed by atoms with Crippen LogP contribution in [0.5, 0.6) is 0 Å². The normalized spacial score (nSPS) is 10.8. The molecule has 21 heavy (non-hydrogen) atoms. The number of hydrogen-bond donors (Lipinski definition) is 2. The zero-order chi connectivity index (χ0) is 15.0. The van der Waals surface area contributed by atoms with Gasteiger partial charge in [-0.05, 0) is 42.1 Å². The van der Waals surface area contributed by atoms with Crippen molar-refractivity contribution in [2.24, 2.45) is 0 Å². The first-order valence-corrected chi connectivity index (χ1v) is 7.07. The van der Waals surface area contributed by atoms with Crippen LogP contribution in [0.1, 0.15) is 15.2 Å². The van der Waals surface area contributed by atoms with E-state index in [4.69, 9.17) is 5.73 Å². The molecule has 1 amide bonds. The lowest BCUT2D eigenvalue weighted by Crippen LogP contribution is -2.11. The molecular formula is C15H12FN3OS. The van der Waals surface area contributed by atoms with Crippen LogP contribution >= 0.6 is 11.3 Å². The van der Waals surface area contributed by atoms with Gasteiger partial charge < -0.3 is 11.1 Å². The van der Waals surface area contributed by atoms with Gasteiger partial charge in [0.2, 0.25) is 0 Å². The molecule has 0 fully saturated rings. The van der Waals surface area contributed by atoms with Crippen molar-refractivity contribution in [1.82, 2.24) is 4.98 Å². The van der Waals surface area contributed by atoms with Crippen LogP contribution in [0.2, 0.25) is 0 Å². The number of aromatic nitrogens is 1. The van der Waals surface area contributed by atoms with Crippen LogP contribution < -0.4 is 11.1 Å². The van der Waals surface area contributed by atoms with E-state index in [0.717, 1.165) is 15.6 Å². The van der Waals surface area contributed by atoms with Gasteiger partial charge >= 0.3 is 0 Å². The number of hydrogen-bond acceptors (Lipinski definition) is 4. The third-order valence-electron chi connectivity index (χ3n) is 3.10. The smallest absolute Gasteiger partial charge is 0.266 e. The Morgan fingerprint density at radius 2 is 2.14 bits per heavy atom. The molecule has 0 aliphatic heterocycles. The maximum absolute atomic E-state index is 13.2. The molecule has 0 spiro atoms. The minimum atomic E-state index is -0.313. The summed E-state index contributed by atoms with van der Waals surface area (Å²) in [4.78, 5) is 16.8. The van der Waals surface area contributed by atoms with Gasteiger partial charge in [-0.2, -0.15) is 0 Å². The summed E-state index contributed by atoms with van der Waals surface area (Å²) in [7, 11) is 0. The highest BCUT2D eigenvalue weighted by Gasteiger charge is 2.12. The molecule has 2 heterocycles. The van der Waals surface area contributed by atoms with Gasteiger partial charge in [-0.25, -0.2) is 9.37 Å². The van der Waals surface area contributed by atoms with E-state index in [0.29, 0.717) is 16.4 Å². The number of nitrogen functional groups attached to an aromatic ring is 1. The van der Waals surface area contributed by atoms with E-state index in [1.54, 1.807) is 18.2 Å². The Labute approximate surface area is 124 Å². The number of carbonyl (C=O) groups is 1. The number of rotatable bonds is 2. The van der Waals surface area contributed by atoms with Gasteiger partial charge in [0.25, 0.3) is 5.91 Å². The first-order chi connectivity index (χ1) is 10.0. The number of pyridine rings is 1. The lowest BCUT2D eigenvalue weighted by molar-refractivity contribution is 0.103.